The smallest absolute Gasteiger partial charge is 0.327 e. The highest BCUT2D eigenvalue weighted by atomic mass is 19.1. The average Bonchev–Trinajstić information content (AvgIpc) is 3.19. The molecule has 5 nitrogen and oxygen atoms in total. The lowest BCUT2D eigenvalue weighted by Gasteiger charge is -2.24. The summed E-state index contributed by atoms with van der Waals surface area (Å²) >= 11 is 0. The van der Waals surface area contributed by atoms with Crippen molar-refractivity contribution < 1.29 is 18.4 Å². The van der Waals surface area contributed by atoms with Crippen LogP contribution in [0.1, 0.15) is 19.3 Å². The SMILES string of the molecule is O=C1[C@H]2CCCN2C(=O)N1[C@H]1CCN(c2c(F)cccc2F)C1. The zero-order valence-corrected chi connectivity index (χ0v) is 12.5. The lowest BCUT2D eigenvalue weighted by Crippen LogP contribution is -2.43. The van der Waals surface area contributed by atoms with Gasteiger partial charge in [0.2, 0.25) is 0 Å². The highest BCUT2D eigenvalue weighted by Crippen LogP contribution is 2.33. The van der Waals surface area contributed by atoms with Crippen molar-refractivity contribution in [3.63, 3.8) is 0 Å². The van der Waals surface area contributed by atoms with E-state index in [0.717, 1.165) is 6.42 Å². The van der Waals surface area contributed by atoms with E-state index < -0.39 is 11.6 Å². The first-order chi connectivity index (χ1) is 11.1. The van der Waals surface area contributed by atoms with Gasteiger partial charge in [-0.2, -0.15) is 0 Å². The predicted molar refractivity (Wildman–Crippen MR) is 78.9 cm³/mol. The molecule has 3 aliphatic rings. The number of benzene rings is 1. The van der Waals surface area contributed by atoms with Gasteiger partial charge in [-0.05, 0) is 31.4 Å². The fourth-order valence-electron chi connectivity index (χ4n) is 3.93. The Bertz CT molecular complexity index is 639. The molecule has 1 aromatic rings. The number of fused-ring (bicyclic) bond motifs is 1. The summed E-state index contributed by atoms with van der Waals surface area (Å²) in [6.07, 6.45) is 2.10. The number of hydrogen-bond donors (Lipinski definition) is 0. The van der Waals surface area contributed by atoms with Crippen LogP contribution in [0.4, 0.5) is 19.3 Å². The molecular weight excluding hydrogens is 304 g/mol. The summed E-state index contributed by atoms with van der Waals surface area (Å²) in [5, 5.41) is 0. The molecule has 3 aliphatic heterocycles. The molecule has 0 radical (unpaired) electrons. The second-order valence-electron chi connectivity index (χ2n) is 6.30. The van der Waals surface area contributed by atoms with Crippen LogP contribution in [0, 0.1) is 11.6 Å². The summed E-state index contributed by atoms with van der Waals surface area (Å²) in [4.78, 5) is 29.4. The molecule has 7 heteroatoms. The molecule has 3 saturated heterocycles. The third-order valence-electron chi connectivity index (χ3n) is 5.01. The van der Waals surface area contributed by atoms with Gasteiger partial charge in [-0.3, -0.25) is 9.69 Å². The Balaban J connectivity index is 1.55. The first kappa shape index (κ1) is 14.4. The van der Waals surface area contributed by atoms with Crippen molar-refractivity contribution in [3.8, 4) is 0 Å². The van der Waals surface area contributed by atoms with Gasteiger partial charge in [0.25, 0.3) is 5.91 Å². The monoisotopic (exact) mass is 321 g/mol. The third-order valence-corrected chi connectivity index (χ3v) is 5.01. The van der Waals surface area contributed by atoms with Gasteiger partial charge in [0.15, 0.2) is 0 Å². The van der Waals surface area contributed by atoms with Crippen LogP contribution in [0.5, 0.6) is 0 Å². The number of anilines is 1. The van der Waals surface area contributed by atoms with Crippen LogP contribution < -0.4 is 4.90 Å². The van der Waals surface area contributed by atoms with Gasteiger partial charge in [-0.15, -0.1) is 0 Å². The molecule has 4 rings (SSSR count). The van der Waals surface area contributed by atoms with Crippen LogP contribution in [0.15, 0.2) is 18.2 Å². The molecule has 0 N–H and O–H groups in total. The molecule has 3 amide bonds. The van der Waals surface area contributed by atoms with Crippen molar-refractivity contribution in [2.45, 2.75) is 31.3 Å². The minimum absolute atomic E-state index is 0.0744. The summed E-state index contributed by atoms with van der Waals surface area (Å²) in [6.45, 7) is 1.31. The number of rotatable bonds is 2. The number of hydrogen-bond acceptors (Lipinski definition) is 3. The second kappa shape index (κ2) is 5.18. The number of amides is 3. The van der Waals surface area contributed by atoms with Crippen molar-refractivity contribution in [2.75, 3.05) is 24.5 Å². The van der Waals surface area contributed by atoms with Crippen LogP contribution >= 0.6 is 0 Å². The van der Waals surface area contributed by atoms with Gasteiger partial charge < -0.3 is 9.80 Å². The molecular formula is C16H17F2N3O2. The van der Waals surface area contributed by atoms with Gasteiger partial charge in [0.05, 0.1) is 6.04 Å². The molecule has 0 unspecified atom stereocenters. The van der Waals surface area contributed by atoms with Crippen molar-refractivity contribution in [1.29, 1.82) is 0 Å². The fraction of sp³-hybridized carbons (Fsp3) is 0.500. The third kappa shape index (κ3) is 2.09. The van der Waals surface area contributed by atoms with E-state index in [1.807, 2.05) is 0 Å². The average molecular weight is 321 g/mol. The highest BCUT2D eigenvalue weighted by Gasteiger charge is 2.50. The molecule has 2 atom stereocenters. The molecule has 1 aromatic carbocycles. The summed E-state index contributed by atoms with van der Waals surface area (Å²) < 4.78 is 27.8. The number of imide groups is 1. The molecule has 0 aromatic heterocycles. The van der Waals surface area contributed by atoms with E-state index >= 15 is 0 Å². The number of urea groups is 1. The minimum Gasteiger partial charge on any atom is -0.365 e. The standard InChI is InChI=1S/C16H17F2N3O2/c17-11-3-1-4-12(18)14(11)19-8-6-10(9-19)21-15(22)13-5-2-7-20(13)16(21)23/h1,3-4,10,13H,2,5-9H2/t10-,13+/m0/s1. The number of carbonyl (C=O) groups is 2. The highest BCUT2D eigenvalue weighted by molar-refractivity contribution is 6.05. The Labute approximate surface area is 132 Å². The quantitative estimate of drug-likeness (QED) is 0.782. The van der Waals surface area contributed by atoms with Crippen LogP contribution in [0.25, 0.3) is 0 Å². The Morgan fingerprint density at radius 1 is 1.04 bits per heavy atom. The van der Waals surface area contributed by atoms with E-state index in [0.29, 0.717) is 25.9 Å². The Morgan fingerprint density at radius 3 is 2.48 bits per heavy atom. The molecule has 0 bridgehead atoms. The summed E-state index contributed by atoms with van der Waals surface area (Å²) in [5.74, 6) is -1.40. The van der Waals surface area contributed by atoms with Crippen molar-refractivity contribution in [3.05, 3.63) is 29.8 Å². The molecule has 0 saturated carbocycles. The maximum atomic E-state index is 13.9. The lowest BCUT2D eigenvalue weighted by molar-refractivity contribution is -0.129. The molecule has 3 heterocycles. The Morgan fingerprint density at radius 2 is 1.78 bits per heavy atom. The lowest BCUT2D eigenvalue weighted by atomic mass is 10.2. The molecule has 3 fully saturated rings. The van der Waals surface area contributed by atoms with Crippen LogP contribution in [-0.4, -0.2) is 53.5 Å². The van der Waals surface area contributed by atoms with E-state index in [-0.39, 0.29) is 36.3 Å². The first-order valence-electron chi connectivity index (χ1n) is 7.90. The number of carbonyl (C=O) groups excluding carboxylic acids is 2. The summed E-state index contributed by atoms with van der Waals surface area (Å²) in [7, 11) is 0. The van der Waals surface area contributed by atoms with Gasteiger partial charge in [-0.1, -0.05) is 6.07 Å². The maximum absolute atomic E-state index is 13.9. The van der Waals surface area contributed by atoms with Crippen molar-refractivity contribution >= 4 is 17.6 Å². The first-order valence-corrected chi connectivity index (χ1v) is 7.90. The molecule has 0 spiro atoms. The van der Waals surface area contributed by atoms with Crippen molar-refractivity contribution in [2.24, 2.45) is 0 Å². The van der Waals surface area contributed by atoms with E-state index in [9.17, 15) is 18.4 Å². The Kier molecular flexibility index (Phi) is 3.25. The number of halogens is 2. The van der Waals surface area contributed by atoms with Gasteiger partial charge >= 0.3 is 6.03 Å². The van der Waals surface area contributed by atoms with Crippen molar-refractivity contribution in [1.82, 2.24) is 9.80 Å². The number of nitrogens with zero attached hydrogens (tertiary/aromatic N) is 3. The summed E-state index contributed by atoms with van der Waals surface area (Å²) in [5.41, 5.74) is -0.0744. The zero-order chi connectivity index (χ0) is 16.1. The van der Waals surface area contributed by atoms with Gasteiger partial charge in [0, 0.05) is 19.6 Å². The normalized spacial score (nSPS) is 27.3. The maximum Gasteiger partial charge on any atom is 0.327 e. The largest absolute Gasteiger partial charge is 0.365 e. The van der Waals surface area contributed by atoms with E-state index in [1.54, 1.807) is 9.80 Å². The molecule has 0 aliphatic carbocycles. The topological polar surface area (TPSA) is 43.9 Å². The second-order valence-corrected chi connectivity index (χ2v) is 6.30. The predicted octanol–water partition coefficient (Wildman–Crippen LogP) is 1.97. The fourth-order valence-corrected chi connectivity index (χ4v) is 3.93. The Hall–Kier alpha value is -2.18. The zero-order valence-electron chi connectivity index (χ0n) is 12.5. The molecule has 122 valence electrons. The van der Waals surface area contributed by atoms with E-state index in [2.05, 4.69) is 0 Å². The van der Waals surface area contributed by atoms with Gasteiger partial charge in [0.1, 0.15) is 23.4 Å². The van der Waals surface area contributed by atoms with E-state index in [4.69, 9.17) is 0 Å². The van der Waals surface area contributed by atoms with Crippen LogP contribution in [0.2, 0.25) is 0 Å². The van der Waals surface area contributed by atoms with Gasteiger partial charge in [-0.25, -0.2) is 13.6 Å². The number of para-hydroxylation sites is 1. The van der Waals surface area contributed by atoms with E-state index in [1.165, 1.54) is 23.1 Å². The summed E-state index contributed by atoms with van der Waals surface area (Å²) in [6, 6.07) is 2.85. The molecule has 23 heavy (non-hydrogen) atoms. The van der Waals surface area contributed by atoms with Crippen LogP contribution in [0.3, 0.4) is 0 Å². The van der Waals surface area contributed by atoms with Crippen LogP contribution in [-0.2, 0) is 4.79 Å². The minimum atomic E-state index is -0.620.